The molecule has 0 bridgehead atoms. The fraction of sp³-hybridized carbons (Fsp3) is 0.692. The number of piperidine rings is 1. The molecule has 1 aliphatic rings. The summed E-state index contributed by atoms with van der Waals surface area (Å²) in [4.78, 5) is 14.2. The zero-order valence-corrected chi connectivity index (χ0v) is 12.4. The van der Waals surface area contributed by atoms with E-state index in [4.69, 9.17) is 0 Å². The predicted octanol–water partition coefficient (Wildman–Crippen LogP) is 1.40. The molecule has 0 radical (unpaired) electrons. The number of rotatable bonds is 4. The van der Waals surface area contributed by atoms with Crippen molar-refractivity contribution in [3.8, 4) is 0 Å². The number of amides is 1. The van der Waals surface area contributed by atoms with Gasteiger partial charge in [-0.1, -0.05) is 0 Å². The summed E-state index contributed by atoms with van der Waals surface area (Å²) in [5.41, 5.74) is 0.712. The second-order valence-corrected chi connectivity index (χ2v) is 4.88. The number of aryl methyl sites for hydroxylation is 1. The van der Waals surface area contributed by atoms with Crippen molar-refractivity contribution in [1.82, 2.24) is 20.0 Å². The second kappa shape index (κ2) is 7.50. The van der Waals surface area contributed by atoms with Crippen LogP contribution in [0, 0.1) is 5.92 Å². The molecule has 5 nitrogen and oxygen atoms in total. The molecule has 19 heavy (non-hydrogen) atoms. The van der Waals surface area contributed by atoms with Gasteiger partial charge >= 0.3 is 0 Å². The molecule has 2 heterocycles. The van der Waals surface area contributed by atoms with Gasteiger partial charge in [0, 0.05) is 25.8 Å². The first-order valence-corrected chi connectivity index (χ1v) is 6.71. The Kier molecular flexibility index (Phi) is 6.31. The van der Waals surface area contributed by atoms with Crippen molar-refractivity contribution in [3.05, 3.63) is 18.0 Å². The molecule has 0 unspecified atom stereocenters. The third-order valence-corrected chi connectivity index (χ3v) is 3.60. The van der Waals surface area contributed by atoms with Gasteiger partial charge in [-0.2, -0.15) is 5.10 Å². The maximum absolute atomic E-state index is 12.3. The molecule has 1 saturated heterocycles. The first-order chi connectivity index (χ1) is 8.74. The molecule has 108 valence electrons. The van der Waals surface area contributed by atoms with Crippen LogP contribution in [0.5, 0.6) is 0 Å². The molecule has 1 N–H and O–H groups in total. The quantitative estimate of drug-likeness (QED) is 0.910. The third-order valence-electron chi connectivity index (χ3n) is 3.60. The van der Waals surface area contributed by atoms with Crippen molar-refractivity contribution in [1.29, 1.82) is 0 Å². The molecular weight excluding hydrogens is 264 g/mol. The third kappa shape index (κ3) is 3.94. The smallest absolute Gasteiger partial charge is 0.257 e. The van der Waals surface area contributed by atoms with E-state index in [-0.39, 0.29) is 18.3 Å². The van der Waals surface area contributed by atoms with Gasteiger partial charge in [0.2, 0.25) is 0 Å². The number of halogens is 1. The highest BCUT2D eigenvalue weighted by molar-refractivity contribution is 5.93. The highest BCUT2D eigenvalue weighted by Gasteiger charge is 2.23. The minimum atomic E-state index is 0. The molecule has 0 aromatic carbocycles. The number of nitrogens with zero attached hydrogens (tertiary/aromatic N) is 3. The Labute approximate surface area is 120 Å². The first-order valence-electron chi connectivity index (χ1n) is 6.71. The molecule has 1 amide bonds. The van der Waals surface area contributed by atoms with Crippen molar-refractivity contribution >= 4 is 18.3 Å². The Morgan fingerprint density at radius 3 is 2.68 bits per heavy atom. The maximum Gasteiger partial charge on any atom is 0.257 e. The minimum absolute atomic E-state index is 0. The fourth-order valence-corrected chi connectivity index (χ4v) is 2.46. The Hall–Kier alpha value is -1.07. The summed E-state index contributed by atoms with van der Waals surface area (Å²) < 4.78 is 1.79. The normalized spacial score (nSPS) is 16.2. The molecule has 0 saturated carbocycles. The topological polar surface area (TPSA) is 50.2 Å². The molecule has 0 atom stereocenters. The molecule has 1 aliphatic heterocycles. The number of hydrogen-bond donors (Lipinski definition) is 1. The maximum atomic E-state index is 12.3. The van der Waals surface area contributed by atoms with Gasteiger partial charge in [0.05, 0.1) is 11.8 Å². The summed E-state index contributed by atoms with van der Waals surface area (Å²) in [5, 5.41) is 7.36. The first kappa shape index (κ1) is 16.0. The summed E-state index contributed by atoms with van der Waals surface area (Å²) in [6, 6.07) is 0. The Balaban J connectivity index is 0.00000180. The van der Waals surface area contributed by atoms with Crippen molar-refractivity contribution in [2.45, 2.75) is 26.3 Å². The lowest BCUT2D eigenvalue weighted by Gasteiger charge is -2.31. The van der Waals surface area contributed by atoms with Gasteiger partial charge in [-0.15, -0.1) is 12.4 Å². The van der Waals surface area contributed by atoms with Crippen molar-refractivity contribution < 1.29 is 4.79 Å². The van der Waals surface area contributed by atoms with Gasteiger partial charge in [-0.3, -0.25) is 9.48 Å². The van der Waals surface area contributed by atoms with E-state index in [0.717, 1.165) is 39.0 Å². The average Bonchev–Trinajstić information content (AvgIpc) is 2.88. The standard InChI is InChI=1S/C13H22N4O.ClH/c1-3-17-10-12(9-15-17)13(18)16-6-4-11(5-7-16)8-14-2;/h9-11,14H,3-8H2,1-2H3;1H. The van der Waals surface area contributed by atoms with E-state index in [1.54, 1.807) is 10.9 Å². The van der Waals surface area contributed by atoms with E-state index in [9.17, 15) is 4.79 Å². The van der Waals surface area contributed by atoms with E-state index in [0.29, 0.717) is 11.5 Å². The largest absolute Gasteiger partial charge is 0.339 e. The fourth-order valence-electron chi connectivity index (χ4n) is 2.46. The van der Waals surface area contributed by atoms with Gasteiger partial charge in [0.25, 0.3) is 5.91 Å². The molecular formula is C13H23ClN4O. The van der Waals surface area contributed by atoms with E-state index in [2.05, 4.69) is 10.4 Å². The van der Waals surface area contributed by atoms with E-state index >= 15 is 0 Å². The molecule has 1 aromatic heterocycles. The SMILES string of the molecule is CCn1cc(C(=O)N2CCC(CNC)CC2)cn1.Cl. The highest BCUT2D eigenvalue weighted by Crippen LogP contribution is 2.18. The molecule has 1 fully saturated rings. The molecule has 1 aromatic rings. The summed E-state index contributed by atoms with van der Waals surface area (Å²) in [6.45, 7) is 5.60. The molecule has 0 spiro atoms. The number of hydrogen-bond acceptors (Lipinski definition) is 3. The van der Waals surface area contributed by atoms with E-state index < -0.39 is 0 Å². The summed E-state index contributed by atoms with van der Waals surface area (Å²) in [5.74, 6) is 0.829. The number of carbonyl (C=O) groups is 1. The van der Waals surface area contributed by atoms with Crippen LogP contribution in [0.1, 0.15) is 30.1 Å². The molecule has 0 aliphatic carbocycles. The van der Waals surface area contributed by atoms with Crippen LogP contribution in [-0.2, 0) is 6.54 Å². The van der Waals surface area contributed by atoms with Crippen LogP contribution in [0.2, 0.25) is 0 Å². The van der Waals surface area contributed by atoms with Gasteiger partial charge < -0.3 is 10.2 Å². The predicted molar refractivity (Wildman–Crippen MR) is 77.7 cm³/mol. The summed E-state index contributed by atoms with van der Waals surface area (Å²) >= 11 is 0. The van der Waals surface area contributed by atoms with Crippen molar-refractivity contribution in [3.63, 3.8) is 0 Å². The van der Waals surface area contributed by atoms with Gasteiger partial charge in [0.15, 0.2) is 0 Å². The Morgan fingerprint density at radius 2 is 2.16 bits per heavy atom. The van der Waals surface area contributed by atoms with Crippen molar-refractivity contribution in [2.24, 2.45) is 5.92 Å². The Morgan fingerprint density at radius 1 is 1.47 bits per heavy atom. The lowest BCUT2D eigenvalue weighted by atomic mass is 9.96. The van der Waals surface area contributed by atoms with Crippen molar-refractivity contribution in [2.75, 3.05) is 26.7 Å². The lowest BCUT2D eigenvalue weighted by molar-refractivity contribution is 0.0691. The van der Waals surface area contributed by atoms with Crippen LogP contribution in [-0.4, -0.2) is 47.3 Å². The monoisotopic (exact) mass is 286 g/mol. The number of nitrogens with one attached hydrogen (secondary N) is 1. The molecule has 2 rings (SSSR count). The van der Waals surface area contributed by atoms with Crippen LogP contribution in [0.15, 0.2) is 12.4 Å². The Bertz CT molecular complexity index is 399. The van der Waals surface area contributed by atoms with E-state index in [1.807, 2.05) is 25.1 Å². The van der Waals surface area contributed by atoms with Gasteiger partial charge in [-0.25, -0.2) is 0 Å². The second-order valence-electron chi connectivity index (χ2n) is 4.88. The van der Waals surface area contributed by atoms with E-state index in [1.165, 1.54) is 0 Å². The molecule has 6 heteroatoms. The van der Waals surface area contributed by atoms with Crippen LogP contribution in [0.3, 0.4) is 0 Å². The van der Waals surface area contributed by atoms with Crippen LogP contribution in [0.25, 0.3) is 0 Å². The summed E-state index contributed by atoms with van der Waals surface area (Å²) in [6.07, 6.45) is 5.69. The zero-order valence-electron chi connectivity index (χ0n) is 11.6. The van der Waals surface area contributed by atoms with Gasteiger partial charge in [-0.05, 0) is 39.3 Å². The number of likely N-dealkylation sites (tertiary alicyclic amines) is 1. The highest BCUT2D eigenvalue weighted by atomic mass is 35.5. The van der Waals surface area contributed by atoms with Crippen LogP contribution < -0.4 is 5.32 Å². The number of carbonyl (C=O) groups excluding carboxylic acids is 1. The van der Waals surface area contributed by atoms with Gasteiger partial charge in [0.1, 0.15) is 0 Å². The van der Waals surface area contributed by atoms with Crippen LogP contribution >= 0.6 is 12.4 Å². The average molecular weight is 287 g/mol. The number of aromatic nitrogens is 2. The summed E-state index contributed by atoms with van der Waals surface area (Å²) in [7, 11) is 1.98. The lowest BCUT2D eigenvalue weighted by Crippen LogP contribution is -2.40. The zero-order chi connectivity index (χ0) is 13.0. The van der Waals surface area contributed by atoms with Crippen LogP contribution in [0.4, 0.5) is 0 Å². The minimum Gasteiger partial charge on any atom is -0.339 e.